The van der Waals surface area contributed by atoms with Crippen LogP contribution in [-0.2, 0) is 9.53 Å². The SMILES string of the molecule is COC(=O)[C@H](CC(C)C)NC(=O)N[C@@H](C)c1ccccc1. The lowest BCUT2D eigenvalue weighted by Crippen LogP contribution is -2.47. The number of hydrogen-bond donors (Lipinski definition) is 2. The molecule has 0 aliphatic carbocycles. The van der Waals surface area contributed by atoms with Crippen molar-refractivity contribution in [3.63, 3.8) is 0 Å². The van der Waals surface area contributed by atoms with Crippen molar-refractivity contribution < 1.29 is 14.3 Å². The first-order valence-electron chi connectivity index (χ1n) is 7.13. The van der Waals surface area contributed by atoms with Gasteiger partial charge in [0, 0.05) is 0 Å². The Balaban J connectivity index is 2.59. The number of nitrogens with one attached hydrogen (secondary N) is 2. The third-order valence-corrected chi connectivity index (χ3v) is 3.15. The highest BCUT2D eigenvalue weighted by atomic mass is 16.5. The lowest BCUT2D eigenvalue weighted by Gasteiger charge is -2.20. The molecular weight excluding hydrogens is 268 g/mol. The largest absolute Gasteiger partial charge is 0.467 e. The van der Waals surface area contributed by atoms with Crippen LogP contribution in [-0.4, -0.2) is 25.2 Å². The molecule has 0 fully saturated rings. The summed E-state index contributed by atoms with van der Waals surface area (Å²) in [4.78, 5) is 23.7. The Labute approximate surface area is 126 Å². The molecule has 0 radical (unpaired) electrons. The van der Waals surface area contributed by atoms with E-state index in [1.807, 2.05) is 51.1 Å². The van der Waals surface area contributed by atoms with Crippen molar-refractivity contribution in [2.75, 3.05) is 7.11 Å². The van der Waals surface area contributed by atoms with Crippen LogP contribution in [0.3, 0.4) is 0 Å². The molecule has 0 aliphatic heterocycles. The lowest BCUT2D eigenvalue weighted by molar-refractivity contribution is -0.143. The molecule has 5 nitrogen and oxygen atoms in total. The maximum absolute atomic E-state index is 12.0. The number of benzene rings is 1. The summed E-state index contributed by atoms with van der Waals surface area (Å²) in [5.41, 5.74) is 1.01. The summed E-state index contributed by atoms with van der Waals surface area (Å²) in [6.07, 6.45) is 0.541. The first kappa shape index (κ1) is 17.0. The minimum Gasteiger partial charge on any atom is -0.467 e. The van der Waals surface area contributed by atoms with Crippen LogP contribution < -0.4 is 10.6 Å². The Bertz CT molecular complexity index is 460. The summed E-state index contributed by atoms with van der Waals surface area (Å²) in [7, 11) is 1.32. The van der Waals surface area contributed by atoms with Gasteiger partial charge in [-0.25, -0.2) is 9.59 Å². The average Bonchev–Trinajstić information content (AvgIpc) is 2.46. The van der Waals surface area contributed by atoms with Gasteiger partial charge in [0.25, 0.3) is 0 Å². The van der Waals surface area contributed by atoms with Gasteiger partial charge in [0.05, 0.1) is 13.2 Å². The Kier molecular flexibility index (Phi) is 6.72. The summed E-state index contributed by atoms with van der Waals surface area (Å²) >= 11 is 0. The normalized spacial score (nSPS) is 13.4. The number of amides is 2. The number of esters is 1. The van der Waals surface area contributed by atoms with Gasteiger partial charge in [-0.3, -0.25) is 0 Å². The first-order valence-corrected chi connectivity index (χ1v) is 7.13. The zero-order chi connectivity index (χ0) is 15.8. The average molecular weight is 292 g/mol. The van der Waals surface area contributed by atoms with Gasteiger partial charge in [-0.05, 0) is 24.8 Å². The molecule has 0 unspecified atom stereocenters. The minimum atomic E-state index is -0.627. The number of ether oxygens (including phenoxy) is 1. The van der Waals surface area contributed by atoms with Gasteiger partial charge in [-0.15, -0.1) is 0 Å². The lowest BCUT2D eigenvalue weighted by atomic mass is 10.0. The Hall–Kier alpha value is -2.04. The molecule has 2 N–H and O–H groups in total. The number of carbonyl (C=O) groups excluding carboxylic acids is 2. The second kappa shape index (κ2) is 8.29. The van der Waals surface area contributed by atoms with Crippen LogP contribution in [0.2, 0.25) is 0 Å². The van der Waals surface area contributed by atoms with Crippen LogP contribution >= 0.6 is 0 Å². The van der Waals surface area contributed by atoms with E-state index in [0.29, 0.717) is 6.42 Å². The van der Waals surface area contributed by atoms with Crippen LogP contribution in [0.4, 0.5) is 4.79 Å². The number of rotatable bonds is 6. The summed E-state index contributed by atoms with van der Waals surface area (Å²) in [6.45, 7) is 5.87. The van der Waals surface area contributed by atoms with Gasteiger partial charge in [0.15, 0.2) is 0 Å². The van der Waals surface area contributed by atoms with Gasteiger partial charge in [0.2, 0.25) is 0 Å². The summed E-state index contributed by atoms with van der Waals surface area (Å²) in [5, 5.41) is 5.50. The Morgan fingerprint density at radius 2 is 1.71 bits per heavy atom. The van der Waals surface area contributed by atoms with E-state index in [0.717, 1.165) is 5.56 Å². The fraction of sp³-hybridized carbons (Fsp3) is 0.500. The smallest absolute Gasteiger partial charge is 0.328 e. The Morgan fingerprint density at radius 3 is 2.24 bits per heavy atom. The van der Waals surface area contributed by atoms with Crippen molar-refractivity contribution in [3.05, 3.63) is 35.9 Å². The summed E-state index contributed by atoms with van der Waals surface area (Å²) in [5.74, 6) is -0.146. The third-order valence-electron chi connectivity index (χ3n) is 3.15. The van der Waals surface area contributed by atoms with Crippen LogP contribution in [0.15, 0.2) is 30.3 Å². The maximum atomic E-state index is 12.0. The highest BCUT2D eigenvalue weighted by Crippen LogP contribution is 2.11. The molecule has 0 heterocycles. The molecule has 2 amide bonds. The molecule has 116 valence electrons. The second-order valence-corrected chi connectivity index (χ2v) is 5.46. The van der Waals surface area contributed by atoms with E-state index >= 15 is 0 Å². The van der Waals surface area contributed by atoms with Gasteiger partial charge < -0.3 is 15.4 Å². The van der Waals surface area contributed by atoms with E-state index < -0.39 is 12.0 Å². The van der Waals surface area contributed by atoms with E-state index in [-0.39, 0.29) is 18.0 Å². The van der Waals surface area contributed by atoms with E-state index in [1.165, 1.54) is 7.11 Å². The fourth-order valence-corrected chi connectivity index (χ4v) is 2.05. The highest BCUT2D eigenvalue weighted by Gasteiger charge is 2.23. The van der Waals surface area contributed by atoms with Crippen LogP contribution in [0.5, 0.6) is 0 Å². The molecule has 21 heavy (non-hydrogen) atoms. The molecule has 0 saturated carbocycles. The topological polar surface area (TPSA) is 67.4 Å². The van der Waals surface area contributed by atoms with Gasteiger partial charge in [0.1, 0.15) is 6.04 Å². The first-order chi connectivity index (χ1) is 9.93. The number of carbonyl (C=O) groups is 2. The van der Waals surface area contributed by atoms with Gasteiger partial charge in [-0.2, -0.15) is 0 Å². The molecule has 0 spiro atoms. The number of hydrogen-bond acceptors (Lipinski definition) is 3. The fourth-order valence-electron chi connectivity index (χ4n) is 2.05. The molecule has 0 bridgehead atoms. The molecule has 2 atom stereocenters. The molecule has 1 rings (SSSR count). The molecule has 0 aromatic heterocycles. The number of urea groups is 1. The molecule has 1 aromatic carbocycles. The van der Waals surface area contributed by atoms with E-state index in [2.05, 4.69) is 10.6 Å². The predicted molar refractivity (Wildman–Crippen MR) is 81.8 cm³/mol. The Morgan fingerprint density at radius 1 is 1.10 bits per heavy atom. The molecule has 0 saturated heterocycles. The predicted octanol–water partition coefficient (Wildman–Crippen LogP) is 2.63. The standard InChI is InChI=1S/C16H24N2O3/c1-11(2)10-14(15(19)21-4)18-16(20)17-12(3)13-8-6-5-7-9-13/h5-9,11-12,14H,10H2,1-4H3,(H2,17,18,20)/t12-,14-/m0/s1. The van der Waals surface area contributed by atoms with Gasteiger partial charge in [-0.1, -0.05) is 44.2 Å². The van der Waals surface area contributed by atoms with Crippen LogP contribution in [0.25, 0.3) is 0 Å². The van der Waals surface area contributed by atoms with Gasteiger partial charge >= 0.3 is 12.0 Å². The highest BCUT2D eigenvalue weighted by molar-refractivity contribution is 5.83. The van der Waals surface area contributed by atoms with Crippen LogP contribution in [0, 0.1) is 5.92 Å². The van der Waals surface area contributed by atoms with Crippen molar-refractivity contribution in [1.82, 2.24) is 10.6 Å². The maximum Gasteiger partial charge on any atom is 0.328 e. The minimum absolute atomic E-state index is 0.136. The van der Waals surface area contributed by atoms with E-state index in [9.17, 15) is 9.59 Å². The second-order valence-electron chi connectivity index (χ2n) is 5.46. The summed E-state index contributed by atoms with van der Waals surface area (Å²) in [6, 6.07) is 8.51. The van der Waals surface area contributed by atoms with E-state index in [1.54, 1.807) is 0 Å². The van der Waals surface area contributed by atoms with Crippen molar-refractivity contribution in [1.29, 1.82) is 0 Å². The van der Waals surface area contributed by atoms with Crippen molar-refractivity contribution in [2.45, 2.75) is 39.3 Å². The molecule has 0 aliphatic rings. The summed E-state index contributed by atoms with van der Waals surface area (Å²) < 4.78 is 4.72. The third kappa shape index (κ3) is 5.85. The van der Waals surface area contributed by atoms with Crippen molar-refractivity contribution in [2.24, 2.45) is 5.92 Å². The van der Waals surface area contributed by atoms with Crippen LogP contribution in [0.1, 0.15) is 38.8 Å². The molecule has 1 aromatic rings. The monoisotopic (exact) mass is 292 g/mol. The molecule has 5 heteroatoms. The zero-order valence-electron chi connectivity index (χ0n) is 13.1. The zero-order valence-corrected chi connectivity index (χ0v) is 13.1. The van der Waals surface area contributed by atoms with Crippen molar-refractivity contribution in [3.8, 4) is 0 Å². The van der Waals surface area contributed by atoms with Crippen molar-refractivity contribution >= 4 is 12.0 Å². The quantitative estimate of drug-likeness (QED) is 0.792. The van der Waals surface area contributed by atoms with E-state index in [4.69, 9.17) is 4.74 Å². The molecular formula is C16H24N2O3. The number of methoxy groups -OCH3 is 1.